The first kappa shape index (κ1) is 131. The number of anilines is 5. The fourth-order valence-electron chi connectivity index (χ4n) is 19.5. The normalized spacial score (nSPS) is 12.2. The number of benzene rings is 4. The molecule has 0 saturated heterocycles. The molecule has 5 N–H and O–H groups in total. The van der Waals surface area contributed by atoms with Crippen LogP contribution in [-0.4, -0.2) is 77.4 Å². The van der Waals surface area contributed by atoms with Crippen molar-refractivity contribution in [3.8, 4) is 51.7 Å². The van der Waals surface area contributed by atoms with Crippen LogP contribution in [0, 0.1) is 35.5 Å². The zero-order valence-corrected chi connectivity index (χ0v) is 97.3. The first-order valence-electron chi connectivity index (χ1n) is 62.1. The molecule has 0 radical (unpaired) electrons. The van der Waals surface area contributed by atoms with E-state index in [1.165, 1.54) is 308 Å². The van der Waals surface area contributed by atoms with Gasteiger partial charge >= 0.3 is 12.1 Å². The molecule has 0 saturated carbocycles. The predicted octanol–water partition coefficient (Wildman–Crippen LogP) is 41.7. The van der Waals surface area contributed by atoms with E-state index in [0.717, 1.165) is 154 Å². The minimum absolute atomic E-state index is 0.288. The van der Waals surface area contributed by atoms with Gasteiger partial charge in [-0.15, -0.1) is 0 Å². The van der Waals surface area contributed by atoms with E-state index in [1.807, 2.05) is 24.3 Å². The minimum atomic E-state index is -0.567. The van der Waals surface area contributed by atoms with Crippen LogP contribution in [0.2, 0.25) is 0 Å². The molecule has 0 aliphatic carbocycles. The Morgan fingerprint density at radius 1 is 0.185 bits per heavy atom. The average Bonchev–Trinajstić information content (AvgIpc) is 0.806. The number of carbonyl (C=O) groups is 3. The molecule has 840 valence electrons. The van der Waals surface area contributed by atoms with E-state index < -0.39 is 18.0 Å². The summed E-state index contributed by atoms with van der Waals surface area (Å²) in [7, 11) is 0. The van der Waals surface area contributed by atoms with Gasteiger partial charge < -0.3 is 69.2 Å². The number of ether oxygens (including phenoxy) is 9. The summed E-state index contributed by atoms with van der Waals surface area (Å²) < 4.78 is 61.8. The number of unbranched alkanes of at least 4 members (excludes halogenated alkanes) is 54. The molecule has 4 aromatic rings. The van der Waals surface area contributed by atoms with Crippen LogP contribution in [-0.2, 0) is 0 Å². The highest BCUT2D eigenvalue weighted by molar-refractivity contribution is 6.07. The summed E-state index contributed by atoms with van der Waals surface area (Å²) in [6.07, 6.45) is 85.3. The molecule has 0 spiro atoms. The second-order valence-electron chi connectivity index (χ2n) is 45.2. The fraction of sp³-hybridized carbons (Fsp3) is 0.791. The van der Waals surface area contributed by atoms with Crippen molar-refractivity contribution in [1.29, 1.82) is 0 Å². The predicted molar refractivity (Wildman–Crippen MR) is 627 cm³/mol. The van der Waals surface area contributed by atoms with E-state index in [1.54, 1.807) is 30.3 Å². The lowest BCUT2D eigenvalue weighted by atomic mass is 9.97. The Labute approximate surface area is 897 Å². The van der Waals surface area contributed by atoms with Gasteiger partial charge in [-0.3, -0.25) is 4.79 Å². The van der Waals surface area contributed by atoms with Gasteiger partial charge in [0.15, 0.2) is 34.5 Å². The number of carbonyl (C=O) groups excluding carboxylic acids is 3. The zero-order chi connectivity index (χ0) is 105. The van der Waals surface area contributed by atoms with Crippen LogP contribution < -0.4 is 69.2 Å². The van der Waals surface area contributed by atoms with Crippen LogP contribution >= 0.6 is 0 Å². The first-order valence-corrected chi connectivity index (χ1v) is 62.1. The molecule has 0 aliphatic heterocycles. The minimum Gasteiger partial charge on any atom is -0.490 e. The molecule has 3 atom stereocenters. The summed E-state index contributed by atoms with van der Waals surface area (Å²) in [4.78, 5) is 46.3. The second kappa shape index (κ2) is 90.8. The van der Waals surface area contributed by atoms with Crippen molar-refractivity contribution >= 4 is 46.4 Å². The van der Waals surface area contributed by atoms with Crippen molar-refractivity contribution in [3.63, 3.8) is 0 Å². The highest BCUT2D eigenvalue weighted by atomic mass is 16.6. The Hall–Kier alpha value is -6.91. The largest absolute Gasteiger partial charge is 0.490 e. The number of urea groups is 2. The molecular formula is C129H227N5O12. The SMILES string of the molecule is CCCCCCCCCCCCOc1cc(NC(=O)Nc2cc(NC(=O)Nc3cc(OCCCCCCCCCCCC)c(OCCCCCCCCCCCC)c(OCCCCCCCCCCCC)c3)cc(NC(=O)c3cc(OCC[C@@H](C)CCCC(C)C)c(OCC[C@@H](C)CCCC(C)C)c(OCC[C@@H](C)CCCC(C)C)c3)c2)cc(OCCCCCCCCCCCC)c1OCCCCCCCCCCCC. The molecule has 17 heteroatoms. The Morgan fingerprint density at radius 3 is 0.575 bits per heavy atom. The van der Waals surface area contributed by atoms with Gasteiger partial charge in [-0.05, 0) is 124 Å². The van der Waals surface area contributed by atoms with Gasteiger partial charge in [-0.1, -0.05) is 508 Å². The molecule has 0 aromatic heterocycles. The average molecular weight is 2040 g/mol. The molecule has 0 heterocycles. The number of rotatable bonds is 102. The lowest BCUT2D eigenvalue weighted by molar-refractivity contribution is 0.102. The van der Waals surface area contributed by atoms with E-state index in [9.17, 15) is 0 Å². The maximum Gasteiger partial charge on any atom is 0.323 e. The standard InChI is InChI=1S/C129H227N5O12/c1-16-22-28-34-40-46-52-58-64-70-88-138-120-102-116(103-121(139-89-71-65-59-53-47-41-35-29-23-17-2)125(120)144-92-74-68-62-56-50-44-38-32-26-20-5)133-128(136)131-114-99-113(130-127(135)112-97-118(142-94-85-109(13)82-76-79-106(7)8)124(146-96-87-111(15)84-78-81-108(11)12)119(98-112)143-95-86-110(14)83-77-80-107(9)10)100-115(101-114)132-129(137)134-117-104-122(140-90-72-66-60-54-48-42-36-30-24-18-3)126(145-93-75-69-63-57-51-45-39-33-27-21-6)123(105-117)141-91-73-67-61-55-49-43-37-31-25-19-4/h97-111H,16-96H2,1-15H3,(H,130,135)(H2,131,133,136)(H2,132,134,137)/t109-,110-,111-/m0/s1. The van der Waals surface area contributed by atoms with Crippen molar-refractivity contribution < 1.29 is 57.0 Å². The molecule has 4 rings (SSSR count). The quantitative estimate of drug-likeness (QED) is 0.0263. The summed E-state index contributed by atoms with van der Waals surface area (Å²) in [6, 6.07) is 15.1. The summed E-state index contributed by atoms with van der Waals surface area (Å²) in [5.41, 5.74) is 2.09. The number of amides is 5. The number of nitrogens with one attached hydrogen (secondary N) is 5. The van der Waals surface area contributed by atoms with Crippen LogP contribution in [0.4, 0.5) is 38.0 Å². The summed E-state index contributed by atoms with van der Waals surface area (Å²) >= 11 is 0. The van der Waals surface area contributed by atoms with Gasteiger partial charge in [0.2, 0.25) is 17.2 Å². The van der Waals surface area contributed by atoms with E-state index in [0.29, 0.717) is 169 Å². The molecule has 0 unspecified atom stereocenters. The van der Waals surface area contributed by atoms with E-state index in [4.69, 9.17) is 42.6 Å². The van der Waals surface area contributed by atoms with Gasteiger partial charge in [-0.2, -0.15) is 0 Å². The third-order valence-corrected chi connectivity index (χ3v) is 29.1. The monoisotopic (exact) mass is 2040 g/mol. The Balaban J connectivity index is 1.95. The maximum absolute atomic E-state index is 15.7. The molecule has 146 heavy (non-hydrogen) atoms. The molecule has 0 aliphatic rings. The number of hydrogen-bond donors (Lipinski definition) is 5. The van der Waals surface area contributed by atoms with Crippen molar-refractivity contribution in [3.05, 3.63) is 60.2 Å². The molecule has 0 bridgehead atoms. The molecule has 5 amide bonds. The van der Waals surface area contributed by atoms with Crippen LogP contribution in [0.5, 0.6) is 51.7 Å². The van der Waals surface area contributed by atoms with Crippen LogP contribution in [0.15, 0.2) is 54.6 Å². The summed E-state index contributed by atoms with van der Waals surface area (Å²) in [5, 5.41) is 16.0. The molecule has 17 nitrogen and oxygen atoms in total. The summed E-state index contributed by atoms with van der Waals surface area (Å²) in [5.74, 6) is 7.40. The maximum atomic E-state index is 15.7. The third-order valence-electron chi connectivity index (χ3n) is 29.1. The van der Waals surface area contributed by atoms with Crippen LogP contribution in [0.25, 0.3) is 0 Å². The van der Waals surface area contributed by atoms with E-state index >= 15 is 14.4 Å². The van der Waals surface area contributed by atoms with Gasteiger partial charge in [0, 0.05) is 46.9 Å². The smallest absolute Gasteiger partial charge is 0.323 e. The van der Waals surface area contributed by atoms with Crippen molar-refractivity contribution in [1.82, 2.24) is 0 Å². The topological polar surface area (TPSA) is 194 Å². The highest BCUT2D eigenvalue weighted by Crippen LogP contribution is 2.45. The molecule has 0 fully saturated rings. The van der Waals surface area contributed by atoms with Crippen molar-refractivity contribution in [2.75, 3.05) is 86.0 Å². The van der Waals surface area contributed by atoms with Crippen LogP contribution in [0.3, 0.4) is 0 Å². The Morgan fingerprint density at radius 2 is 0.356 bits per heavy atom. The number of hydrogen-bond acceptors (Lipinski definition) is 12. The lowest BCUT2D eigenvalue weighted by Crippen LogP contribution is -2.22. The van der Waals surface area contributed by atoms with Gasteiger partial charge in [-0.25, -0.2) is 9.59 Å². The molecular weight excluding hydrogens is 1810 g/mol. The van der Waals surface area contributed by atoms with E-state index in [-0.39, 0.29) is 11.4 Å². The van der Waals surface area contributed by atoms with Gasteiger partial charge in [0.1, 0.15) is 0 Å². The Bertz CT molecular complexity index is 3470. The Kier molecular flexibility index (Phi) is 81.7. The highest BCUT2D eigenvalue weighted by Gasteiger charge is 2.26. The third kappa shape index (κ3) is 69.5. The van der Waals surface area contributed by atoms with Gasteiger partial charge in [0.25, 0.3) is 5.91 Å². The fourth-order valence-corrected chi connectivity index (χ4v) is 19.5. The lowest BCUT2D eigenvalue weighted by Gasteiger charge is -2.21. The van der Waals surface area contributed by atoms with Crippen molar-refractivity contribution in [2.24, 2.45) is 35.5 Å². The van der Waals surface area contributed by atoms with E-state index in [2.05, 4.69) is 130 Å². The zero-order valence-electron chi connectivity index (χ0n) is 97.3. The first-order chi connectivity index (χ1) is 71.3. The van der Waals surface area contributed by atoms with Crippen LogP contribution in [0.1, 0.15) is 577 Å². The van der Waals surface area contributed by atoms with Crippen molar-refractivity contribution in [2.45, 2.75) is 566 Å². The van der Waals surface area contributed by atoms with Gasteiger partial charge in [0.05, 0.1) is 70.8 Å². The summed E-state index contributed by atoms with van der Waals surface area (Å²) in [6.45, 7) is 38.6. The molecule has 4 aromatic carbocycles. The second-order valence-corrected chi connectivity index (χ2v) is 45.2.